The fourth-order valence-electron chi connectivity index (χ4n) is 1.50. The van der Waals surface area contributed by atoms with E-state index in [2.05, 4.69) is 10.3 Å². The molecule has 0 radical (unpaired) electrons. The van der Waals surface area contributed by atoms with E-state index >= 15 is 0 Å². The number of carbonyl (C=O) groups excluding carboxylic acids is 1. The van der Waals surface area contributed by atoms with Gasteiger partial charge in [0.05, 0.1) is 17.4 Å². The lowest BCUT2D eigenvalue weighted by Gasteiger charge is -2.07. The Morgan fingerprint density at radius 2 is 1.95 bits per heavy atom. The van der Waals surface area contributed by atoms with E-state index in [1.165, 1.54) is 18.5 Å². The number of carbonyl (C=O) groups is 2. The summed E-state index contributed by atoms with van der Waals surface area (Å²) in [5.41, 5.74) is 1.12. The van der Waals surface area contributed by atoms with Crippen molar-refractivity contribution in [1.29, 1.82) is 0 Å². The quantitative estimate of drug-likeness (QED) is 0.892. The zero-order valence-corrected chi connectivity index (χ0v) is 10.4. The Morgan fingerprint density at radius 3 is 2.65 bits per heavy atom. The molecule has 0 saturated carbocycles. The highest BCUT2D eigenvalue weighted by Crippen LogP contribution is 2.09. The molecule has 0 aliphatic rings. The summed E-state index contributed by atoms with van der Waals surface area (Å²) in [6, 6.07) is 10.5. The van der Waals surface area contributed by atoms with Crippen LogP contribution in [-0.2, 0) is 11.3 Å². The summed E-state index contributed by atoms with van der Waals surface area (Å²) in [6.07, 6.45) is 1.87. The van der Waals surface area contributed by atoms with Gasteiger partial charge in [0.25, 0.3) is 0 Å². The molecule has 6 nitrogen and oxygen atoms in total. The van der Waals surface area contributed by atoms with Crippen LogP contribution in [0, 0.1) is 0 Å². The first kappa shape index (κ1) is 13.5. The highest BCUT2D eigenvalue weighted by molar-refractivity contribution is 5.90. The van der Waals surface area contributed by atoms with E-state index < -0.39 is 12.1 Å². The summed E-state index contributed by atoms with van der Waals surface area (Å²) in [5.74, 6) is -1.11. The lowest BCUT2D eigenvalue weighted by atomic mass is 10.2. The first-order valence-corrected chi connectivity index (χ1v) is 5.81. The SMILES string of the molecule is O=C(Nc1cncc(C(=O)O)c1)OCc1ccccc1. The fraction of sp³-hybridized carbons (Fsp3) is 0.0714. The maximum Gasteiger partial charge on any atom is 0.412 e. The number of nitrogens with one attached hydrogen (secondary N) is 1. The van der Waals surface area contributed by atoms with Gasteiger partial charge < -0.3 is 9.84 Å². The van der Waals surface area contributed by atoms with Gasteiger partial charge in [-0.15, -0.1) is 0 Å². The second-order valence-corrected chi connectivity index (χ2v) is 3.95. The van der Waals surface area contributed by atoms with Crippen molar-refractivity contribution in [2.45, 2.75) is 6.61 Å². The second kappa shape index (κ2) is 6.33. The second-order valence-electron chi connectivity index (χ2n) is 3.95. The van der Waals surface area contributed by atoms with Crippen LogP contribution in [-0.4, -0.2) is 22.2 Å². The zero-order valence-electron chi connectivity index (χ0n) is 10.4. The van der Waals surface area contributed by atoms with E-state index in [9.17, 15) is 9.59 Å². The minimum absolute atomic E-state index is 0.00846. The van der Waals surface area contributed by atoms with Gasteiger partial charge in [-0.2, -0.15) is 0 Å². The smallest absolute Gasteiger partial charge is 0.412 e. The van der Waals surface area contributed by atoms with Crippen LogP contribution in [0.25, 0.3) is 0 Å². The van der Waals surface area contributed by atoms with Crippen LogP contribution in [0.1, 0.15) is 15.9 Å². The van der Waals surface area contributed by atoms with Crippen molar-refractivity contribution in [2.24, 2.45) is 0 Å². The fourth-order valence-corrected chi connectivity index (χ4v) is 1.50. The molecular formula is C14H12N2O4. The summed E-state index contributed by atoms with van der Waals surface area (Å²) in [5, 5.41) is 11.2. The molecule has 1 heterocycles. The highest BCUT2D eigenvalue weighted by atomic mass is 16.5. The largest absolute Gasteiger partial charge is 0.478 e. The average Bonchev–Trinajstić information content (AvgIpc) is 2.46. The molecule has 102 valence electrons. The van der Waals surface area contributed by atoms with Crippen LogP contribution in [0.3, 0.4) is 0 Å². The predicted octanol–water partition coefficient (Wildman–Crippen LogP) is 2.53. The van der Waals surface area contributed by atoms with E-state index in [0.29, 0.717) is 0 Å². The zero-order chi connectivity index (χ0) is 14.4. The van der Waals surface area contributed by atoms with Crippen molar-refractivity contribution in [1.82, 2.24) is 4.98 Å². The summed E-state index contributed by atoms with van der Waals surface area (Å²) in [4.78, 5) is 26.1. The van der Waals surface area contributed by atoms with Crippen LogP contribution in [0.4, 0.5) is 10.5 Å². The topological polar surface area (TPSA) is 88.5 Å². The number of hydrogen-bond donors (Lipinski definition) is 2. The van der Waals surface area contributed by atoms with Crippen LogP contribution in [0.2, 0.25) is 0 Å². The number of amides is 1. The molecule has 0 unspecified atom stereocenters. The van der Waals surface area contributed by atoms with E-state index in [1.807, 2.05) is 30.3 Å². The number of ether oxygens (including phenoxy) is 1. The molecule has 2 N–H and O–H groups in total. The van der Waals surface area contributed by atoms with Gasteiger partial charge in [-0.25, -0.2) is 9.59 Å². The van der Waals surface area contributed by atoms with Crippen molar-refractivity contribution < 1.29 is 19.4 Å². The van der Waals surface area contributed by atoms with Crippen molar-refractivity contribution in [2.75, 3.05) is 5.32 Å². The molecule has 0 aliphatic carbocycles. The van der Waals surface area contributed by atoms with Crippen LogP contribution in [0.15, 0.2) is 48.8 Å². The third kappa shape index (κ3) is 3.81. The number of rotatable bonds is 4. The molecule has 0 spiro atoms. The molecule has 1 aromatic heterocycles. The molecule has 0 fully saturated rings. The van der Waals surface area contributed by atoms with Gasteiger partial charge in [0.2, 0.25) is 0 Å². The van der Waals surface area contributed by atoms with Gasteiger partial charge in [-0.1, -0.05) is 30.3 Å². The minimum atomic E-state index is -1.11. The number of carboxylic acid groups (broad SMARTS) is 1. The Morgan fingerprint density at radius 1 is 1.20 bits per heavy atom. The molecule has 1 aromatic carbocycles. The number of nitrogens with zero attached hydrogens (tertiary/aromatic N) is 1. The lowest BCUT2D eigenvalue weighted by Crippen LogP contribution is -2.14. The van der Waals surface area contributed by atoms with Crippen LogP contribution >= 0.6 is 0 Å². The third-order valence-electron chi connectivity index (χ3n) is 2.44. The predicted molar refractivity (Wildman–Crippen MR) is 71.4 cm³/mol. The minimum Gasteiger partial charge on any atom is -0.478 e. The Balaban J connectivity index is 1.91. The first-order valence-electron chi connectivity index (χ1n) is 5.81. The standard InChI is InChI=1S/C14H12N2O4/c17-13(18)11-6-12(8-15-7-11)16-14(19)20-9-10-4-2-1-3-5-10/h1-8H,9H2,(H,16,19)(H,17,18). The molecule has 1 amide bonds. The van der Waals surface area contributed by atoms with E-state index in [0.717, 1.165) is 5.56 Å². The first-order chi connectivity index (χ1) is 9.65. The van der Waals surface area contributed by atoms with Gasteiger partial charge in [-0.3, -0.25) is 10.3 Å². The molecule has 2 rings (SSSR count). The Kier molecular flexibility index (Phi) is 4.28. The summed E-state index contributed by atoms with van der Waals surface area (Å²) in [7, 11) is 0. The summed E-state index contributed by atoms with van der Waals surface area (Å²) >= 11 is 0. The van der Waals surface area contributed by atoms with Gasteiger partial charge in [-0.05, 0) is 11.6 Å². The summed E-state index contributed by atoms with van der Waals surface area (Å²) < 4.78 is 5.01. The van der Waals surface area contributed by atoms with Crippen molar-refractivity contribution >= 4 is 17.7 Å². The number of anilines is 1. The molecule has 2 aromatic rings. The number of pyridine rings is 1. The monoisotopic (exact) mass is 272 g/mol. The molecule has 6 heteroatoms. The van der Waals surface area contributed by atoms with E-state index in [4.69, 9.17) is 9.84 Å². The average molecular weight is 272 g/mol. The van der Waals surface area contributed by atoms with E-state index in [-0.39, 0.29) is 17.9 Å². The number of hydrogen-bond acceptors (Lipinski definition) is 4. The van der Waals surface area contributed by atoms with Gasteiger partial charge in [0.15, 0.2) is 0 Å². The Hall–Kier alpha value is -2.89. The van der Waals surface area contributed by atoms with Gasteiger partial charge >= 0.3 is 12.1 Å². The molecule has 0 aliphatic heterocycles. The number of aromatic nitrogens is 1. The number of aromatic carboxylic acids is 1. The van der Waals surface area contributed by atoms with Crippen molar-refractivity contribution in [3.63, 3.8) is 0 Å². The van der Waals surface area contributed by atoms with Crippen molar-refractivity contribution in [3.8, 4) is 0 Å². The molecular weight excluding hydrogens is 260 g/mol. The van der Waals surface area contributed by atoms with E-state index in [1.54, 1.807) is 0 Å². The maximum atomic E-state index is 11.6. The summed E-state index contributed by atoms with van der Waals surface area (Å²) in [6.45, 7) is 0.138. The lowest BCUT2D eigenvalue weighted by molar-refractivity contribution is 0.0696. The van der Waals surface area contributed by atoms with Gasteiger partial charge in [0.1, 0.15) is 6.61 Å². The molecule has 0 atom stereocenters. The van der Waals surface area contributed by atoms with Gasteiger partial charge in [0, 0.05) is 6.20 Å². The van der Waals surface area contributed by atoms with Crippen molar-refractivity contribution in [3.05, 3.63) is 59.9 Å². The number of benzene rings is 1. The number of carboxylic acids is 1. The van der Waals surface area contributed by atoms with Crippen LogP contribution in [0.5, 0.6) is 0 Å². The van der Waals surface area contributed by atoms with Crippen LogP contribution < -0.4 is 5.32 Å². The molecule has 0 saturated heterocycles. The maximum absolute atomic E-state index is 11.6. The Labute approximate surface area is 115 Å². The molecule has 0 bridgehead atoms. The highest BCUT2D eigenvalue weighted by Gasteiger charge is 2.07. The molecule has 20 heavy (non-hydrogen) atoms. The third-order valence-corrected chi connectivity index (χ3v) is 2.44. The Bertz CT molecular complexity index is 614. The normalized spacial score (nSPS) is 9.80.